The summed E-state index contributed by atoms with van der Waals surface area (Å²) < 4.78 is 73.6. The van der Waals surface area contributed by atoms with Crippen LogP contribution in [0.5, 0.6) is 5.75 Å². The van der Waals surface area contributed by atoms with Gasteiger partial charge in [0, 0.05) is 13.1 Å². The van der Waals surface area contributed by atoms with Crippen molar-refractivity contribution >= 4 is 29.2 Å². The molecule has 7 nitrogen and oxygen atoms in total. The largest absolute Gasteiger partial charge is 0.495 e. The smallest absolute Gasteiger partial charge is 0.399 e. The van der Waals surface area contributed by atoms with Crippen molar-refractivity contribution in [2.75, 3.05) is 13.7 Å². The average Bonchev–Trinajstić information content (AvgIpc) is 3.06. The van der Waals surface area contributed by atoms with E-state index in [1.54, 1.807) is 18.2 Å². The molecular formula is C23H29ClF2NO6PS. The average molecular weight is 552 g/mol. The van der Waals surface area contributed by atoms with Gasteiger partial charge in [-0.05, 0) is 42.5 Å². The van der Waals surface area contributed by atoms with Crippen molar-refractivity contribution in [2.45, 2.75) is 55.6 Å². The summed E-state index contributed by atoms with van der Waals surface area (Å²) in [6, 6.07) is 9.41. The summed E-state index contributed by atoms with van der Waals surface area (Å²) in [6.45, 7) is 0.0801. The maximum atomic E-state index is 14.2. The second-order valence-corrected chi connectivity index (χ2v) is 12.7. The molecule has 0 amide bonds. The molecule has 3 rings (SSSR count). The fourth-order valence-corrected chi connectivity index (χ4v) is 6.87. The third-order valence-electron chi connectivity index (χ3n) is 6.21. The lowest BCUT2D eigenvalue weighted by Crippen LogP contribution is -2.35. The summed E-state index contributed by atoms with van der Waals surface area (Å²) in [6.07, 6.45) is 5.97. The Morgan fingerprint density at radius 2 is 1.74 bits per heavy atom. The van der Waals surface area contributed by atoms with Crippen molar-refractivity contribution in [3.8, 4) is 5.75 Å². The third-order valence-corrected chi connectivity index (χ3v) is 9.34. The SMILES string of the molecule is COc1ccccc1S(=O)(=O)N(Cc1ccc(C(F)(F)P(=O)(O)O)c(Cl)c1)CC1CCCCCC1. The normalized spacial score (nSPS) is 16.3. The van der Waals surface area contributed by atoms with Crippen LogP contribution in [0.4, 0.5) is 8.78 Å². The van der Waals surface area contributed by atoms with Gasteiger partial charge in [0.15, 0.2) is 0 Å². The van der Waals surface area contributed by atoms with Crippen LogP contribution in [0.1, 0.15) is 49.7 Å². The zero-order valence-electron chi connectivity index (χ0n) is 19.2. The molecule has 0 unspecified atom stereocenters. The van der Waals surface area contributed by atoms with Crippen LogP contribution in [0, 0.1) is 5.92 Å². The highest BCUT2D eigenvalue weighted by molar-refractivity contribution is 7.89. The first-order chi connectivity index (χ1) is 16.4. The first kappa shape index (κ1) is 28.0. The molecule has 0 aliphatic heterocycles. The maximum absolute atomic E-state index is 14.2. The standard InChI is InChI=1S/C23H29ClF2NO6PS/c1-33-21-10-6-7-11-22(21)35(31,32)27(15-17-8-4-2-3-5-9-17)16-18-12-13-19(20(24)14-18)23(25,26)34(28,29)30/h6-7,10-14,17H,2-5,8-9,15-16H2,1H3,(H2,28,29,30). The second kappa shape index (κ2) is 11.2. The van der Waals surface area contributed by atoms with Crippen LogP contribution in [0.3, 0.4) is 0 Å². The number of ether oxygens (including phenoxy) is 1. The van der Waals surface area contributed by atoms with Crippen molar-refractivity contribution in [2.24, 2.45) is 5.92 Å². The van der Waals surface area contributed by atoms with Gasteiger partial charge in [0.25, 0.3) is 0 Å². The Morgan fingerprint density at radius 3 is 2.31 bits per heavy atom. The molecule has 0 saturated heterocycles. The van der Waals surface area contributed by atoms with Crippen LogP contribution in [0.2, 0.25) is 5.02 Å². The molecule has 0 aromatic heterocycles. The molecule has 1 aliphatic rings. The molecule has 0 atom stereocenters. The quantitative estimate of drug-likeness (QED) is 0.304. The van der Waals surface area contributed by atoms with Crippen molar-refractivity contribution in [1.82, 2.24) is 4.31 Å². The van der Waals surface area contributed by atoms with E-state index in [1.807, 2.05) is 0 Å². The summed E-state index contributed by atoms with van der Waals surface area (Å²) in [4.78, 5) is 18.0. The number of benzene rings is 2. The molecule has 1 saturated carbocycles. The fourth-order valence-electron chi connectivity index (χ4n) is 4.31. The van der Waals surface area contributed by atoms with Crippen molar-refractivity contribution in [3.63, 3.8) is 0 Å². The molecule has 2 aromatic carbocycles. The van der Waals surface area contributed by atoms with E-state index < -0.39 is 33.9 Å². The molecule has 12 heteroatoms. The monoisotopic (exact) mass is 551 g/mol. The minimum atomic E-state index is -5.80. The van der Waals surface area contributed by atoms with E-state index in [9.17, 15) is 21.8 Å². The predicted molar refractivity (Wildman–Crippen MR) is 129 cm³/mol. The number of halogens is 3. The molecule has 1 aliphatic carbocycles. The Kier molecular flexibility index (Phi) is 9.00. The minimum Gasteiger partial charge on any atom is -0.495 e. The van der Waals surface area contributed by atoms with Gasteiger partial charge in [-0.1, -0.05) is 61.5 Å². The Hall–Kier alpha value is -1.55. The van der Waals surface area contributed by atoms with Gasteiger partial charge in [-0.3, -0.25) is 4.57 Å². The summed E-state index contributed by atoms with van der Waals surface area (Å²) in [7, 11) is -8.46. The number of para-hydroxylation sites is 1. The second-order valence-electron chi connectivity index (χ2n) is 8.71. The van der Waals surface area contributed by atoms with Gasteiger partial charge in [0.05, 0.1) is 17.7 Å². The van der Waals surface area contributed by atoms with E-state index in [2.05, 4.69) is 0 Å². The predicted octanol–water partition coefficient (Wildman–Crippen LogP) is 5.74. The highest BCUT2D eigenvalue weighted by Crippen LogP contribution is 2.60. The van der Waals surface area contributed by atoms with Gasteiger partial charge >= 0.3 is 13.3 Å². The van der Waals surface area contributed by atoms with Crippen LogP contribution in [-0.2, 0) is 26.8 Å². The zero-order chi connectivity index (χ0) is 25.9. The number of nitrogens with zero attached hydrogens (tertiary/aromatic N) is 1. The van der Waals surface area contributed by atoms with Crippen LogP contribution in [-0.4, -0.2) is 36.2 Å². The number of sulfonamides is 1. The Labute approximate surface area is 209 Å². The molecule has 2 aromatic rings. The van der Waals surface area contributed by atoms with Gasteiger partial charge in [-0.15, -0.1) is 0 Å². The summed E-state index contributed by atoms with van der Waals surface area (Å²) in [5.74, 6) is 0.323. The molecule has 0 spiro atoms. The molecule has 1 fully saturated rings. The van der Waals surface area contributed by atoms with Crippen LogP contribution in [0.15, 0.2) is 47.4 Å². The first-order valence-corrected chi connectivity index (χ1v) is 14.7. The van der Waals surface area contributed by atoms with Gasteiger partial charge < -0.3 is 14.5 Å². The van der Waals surface area contributed by atoms with Gasteiger partial charge in [-0.2, -0.15) is 13.1 Å². The van der Waals surface area contributed by atoms with E-state index in [1.165, 1.54) is 23.5 Å². The molecule has 35 heavy (non-hydrogen) atoms. The zero-order valence-corrected chi connectivity index (χ0v) is 21.7. The minimum absolute atomic E-state index is 0.00753. The Balaban J connectivity index is 1.98. The summed E-state index contributed by atoms with van der Waals surface area (Å²) >= 11 is 5.98. The molecule has 0 bridgehead atoms. The van der Waals surface area contributed by atoms with Crippen LogP contribution < -0.4 is 4.74 Å². The third kappa shape index (κ3) is 6.42. The summed E-state index contributed by atoms with van der Waals surface area (Å²) in [5, 5.41) is -0.556. The van der Waals surface area contributed by atoms with Crippen molar-refractivity contribution in [3.05, 3.63) is 58.6 Å². The number of rotatable bonds is 9. The molecule has 0 heterocycles. The maximum Gasteiger partial charge on any atom is 0.399 e. The number of methoxy groups -OCH3 is 1. The van der Waals surface area contributed by atoms with Gasteiger partial charge in [-0.25, -0.2) is 8.42 Å². The highest BCUT2D eigenvalue weighted by Gasteiger charge is 2.51. The molecular weight excluding hydrogens is 523 g/mol. The lowest BCUT2D eigenvalue weighted by molar-refractivity contribution is 0.0565. The van der Waals surface area contributed by atoms with E-state index in [0.29, 0.717) is 5.56 Å². The molecule has 194 valence electrons. The van der Waals surface area contributed by atoms with E-state index >= 15 is 0 Å². The van der Waals surface area contributed by atoms with E-state index in [4.69, 9.17) is 26.1 Å². The summed E-state index contributed by atoms with van der Waals surface area (Å²) in [5.41, 5.74) is -5.17. The highest BCUT2D eigenvalue weighted by atomic mass is 35.5. The first-order valence-electron chi connectivity index (χ1n) is 11.2. The molecule has 0 radical (unpaired) electrons. The van der Waals surface area contributed by atoms with Gasteiger partial charge in [0.2, 0.25) is 10.0 Å². The Bertz CT molecular complexity index is 1180. The van der Waals surface area contributed by atoms with Crippen molar-refractivity contribution < 1.29 is 36.3 Å². The number of alkyl halides is 2. The Morgan fingerprint density at radius 1 is 1.11 bits per heavy atom. The number of hydrogen-bond acceptors (Lipinski definition) is 4. The lowest BCUT2D eigenvalue weighted by Gasteiger charge is -2.28. The van der Waals surface area contributed by atoms with Crippen LogP contribution in [0.25, 0.3) is 0 Å². The van der Waals surface area contributed by atoms with Crippen LogP contribution >= 0.6 is 19.2 Å². The lowest BCUT2D eigenvalue weighted by atomic mass is 10.0. The number of hydrogen-bond donors (Lipinski definition) is 2. The van der Waals surface area contributed by atoms with E-state index in [0.717, 1.165) is 50.7 Å². The van der Waals surface area contributed by atoms with E-state index in [-0.39, 0.29) is 29.7 Å². The molecule has 2 N–H and O–H groups in total. The fraction of sp³-hybridized carbons (Fsp3) is 0.478. The van der Waals surface area contributed by atoms with Gasteiger partial charge in [0.1, 0.15) is 10.6 Å². The van der Waals surface area contributed by atoms with Crippen molar-refractivity contribution in [1.29, 1.82) is 0 Å². The topological polar surface area (TPSA) is 104 Å².